The van der Waals surface area contributed by atoms with Gasteiger partial charge in [-0.1, -0.05) is 0 Å². The fourth-order valence-electron chi connectivity index (χ4n) is 3.02. The molecule has 1 aliphatic heterocycles. The SMILES string of the molecule is COCCOC1C(OC)[C@@H](COC)S[C@H]1n1cnc2c(N)ncnc21. The maximum atomic E-state index is 6.09. The first-order valence-corrected chi connectivity index (χ1v) is 8.86. The quantitative estimate of drug-likeness (QED) is 0.673. The van der Waals surface area contributed by atoms with Crippen LogP contribution in [0.1, 0.15) is 5.37 Å². The number of hydrogen-bond donors (Lipinski definition) is 1. The fraction of sp³-hybridized carbons (Fsp3) is 0.667. The minimum Gasteiger partial charge on any atom is -0.383 e. The number of ether oxygens (including phenoxy) is 4. The first-order valence-electron chi connectivity index (χ1n) is 7.92. The molecule has 10 heteroatoms. The molecule has 0 spiro atoms. The van der Waals surface area contributed by atoms with Gasteiger partial charge in [-0.05, 0) is 0 Å². The van der Waals surface area contributed by atoms with Gasteiger partial charge in [-0.3, -0.25) is 4.57 Å². The predicted octanol–water partition coefficient (Wildman–Crippen LogP) is 0.715. The van der Waals surface area contributed by atoms with Gasteiger partial charge in [0.1, 0.15) is 29.4 Å². The van der Waals surface area contributed by atoms with Crippen LogP contribution in [-0.4, -0.2) is 78.1 Å². The summed E-state index contributed by atoms with van der Waals surface area (Å²) in [5, 5.41) is 0.0606. The summed E-state index contributed by atoms with van der Waals surface area (Å²) >= 11 is 1.72. The van der Waals surface area contributed by atoms with Crippen molar-refractivity contribution in [3.8, 4) is 0 Å². The van der Waals surface area contributed by atoms with Crippen LogP contribution in [-0.2, 0) is 18.9 Å². The first kappa shape index (κ1) is 18.3. The van der Waals surface area contributed by atoms with Crippen molar-refractivity contribution in [3.05, 3.63) is 12.7 Å². The topological polar surface area (TPSA) is 107 Å². The van der Waals surface area contributed by atoms with Gasteiger partial charge in [-0.25, -0.2) is 15.0 Å². The molecule has 0 bridgehead atoms. The Morgan fingerprint density at radius 1 is 1.12 bits per heavy atom. The van der Waals surface area contributed by atoms with E-state index >= 15 is 0 Å². The molecule has 2 aromatic rings. The van der Waals surface area contributed by atoms with Crippen molar-refractivity contribution in [3.63, 3.8) is 0 Å². The second-order valence-electron chi connectivity index (χ2n) is 5.63. The number of hydrogen-bond acceptors (Lipinski definition) is 9. The lowest BCUT2D eigenvalue weighted by atomic mass is 10.1. The van der Waals surface area contributed by atoms with Crippen molar-refractivity contribution in [1.82, 2.24) is 19.5 Å². The molecule has 2 N–H and O–H groups in total. The molecule has 0 radical (unpaired) electrons. The molecule has 0 aromatic carbocycles. The van der Waals surface area contributed by atoms with E-state index in [9.17, 15) is 0 Å². The van der Waals surface area contributed by atoms with E-state index in [1.165, 1.54) is 6.33 Å². The van der Waals surface area contributed by atoms with Crippen LogP contribution in [0, 0.1) is 0 Å². The number of nitrogens with zero attached hydrogens (tertiary/aromatic N) is 4. The molecular weight excluding hydrogens is 346 g/mol. The average Bonchev–Trinajstić information content (AvgIpc) is 3.18. The number of imidazole rings is 1. The van der Waals surface area contributed by atoms with Gasteiger partial charge in [0.25, 0.3) is 0 Å². The van der Waals surface area contributed by atoms with Crippen LogP contribution in [0.5, 0.6) is 0 Å². The van der Waals surface area contributed by atoms with E-state index in [0.29, 0.717) is 36.8 Å². The molecule has 25 heavy (non-hydrogen) atoms. The largest absolute Gasteiger partial charge is 0.383 e. The normalized spacial score (nSPS) is 26.5. The molecule has 2 aromatic heterocycles. The zero-order chi connectivity index (χ0) is 17.8. The Balaban J connectivity index is 1.93. The van der Waals surface area contributed by atoms with Gasteiger partial charge in [-0.15, -0.1) is 11.8 Å². The number of nitrogens with two attached hydrogens (primary N) is 1. The molecule has 0 saturated carbocycles. The van der Waals surface area contributed by atoms with Crippen LogP contribution < -0.4 is 5.73 Å². The molecular formula is C15H23N5O4S. The molecule has 138 valence electrons. The standard InChI is InChI=1S/C15H23N5O4S/c1-21-4-5-24-12-11(23-3)9(6-22-2)25-15(12)20-8-19-10-13(16)17-7-18-14(10)20/h7-9,11-12,15H,4-6H2,1-3H3,(H2,16,17,18)/t9-,11?,12?,15-/m1/s1. The summed E-state index contributed by atoms with van der Waals surface area (Å²) < 4.78 is 24.2. The summed E-state index contributed by atoms with van der Waals surface area (Å²) in [6.45, 7) is 1.55. The minimum atomic E-state index is -0.195. The zero-order valence-corrected chi connectivity index (χ0v) is 15.3. The molecule has 9 nitrogen and oxygen atoms in total. The maximum absolute atomic E-state index is 6.09. The molecule has 0 aliphatic carbocycles. The average molecular weight is 369 g/mol. The van der Waals surface area contributed by atoms with Crippen LogP contribution >= 0.6 is 11.8 Å². The monoisotopic (exact) mass is 369 g/mol. The molecule has 1 saturated heterocycles. The molecule has 4 atom stereocenters. The third kappa shape index (κ3) is 3.58. The molecule has 1 fully saturated rings. The van der Waals surface area contributed by atoms with E-state index in [0.717, 1.165) is 0 Å². The third-order valence-corrected chi connectivity index (χ3v) is 5.68. The number of nitrogen functional groups attached to an aromatic ring is 1. The van der Waals surface area contributed by atoms with E-state index in [-0.39, 0.29) is 22.8 Å². The molecule has 3 rings (SSSR count). The second kappa shape index (κ2) is 8.28. The van der Waals surface area contributed by atoms with E-state index in [1.54, 1.807) is 39.4 Å². The number of methoxy groups -OCH3 is 3. The number of rotatable bonds is 8. The van der Waals surface area contributed by atoms with Gasteiger partial charge < -0.3 is 24.7 Å². The van der Waals surface area contributed by atoms with E-state index in [4.69, 9.17) is 24.7 Å². The van der Waals surface area contributed by atoms with Crippen LogP contribution in [0.15, 0.2) is 12.7 Å². The lowest BCUT2D eigenvalue weighted by molar-refractivity contribution is -0.0720. The van der Waals surface area contributed by atoms with Crippen LogP contribution in [0.4, 0.5) is 5.82 Å². The van der Waals surface area contributed by atoms with E-state index in [2.05, 4.69) is 15.0 Å². The van der Waals surface area contributed by atoms with Crippen molar-refractivity contribution in [2.24, 2.45) is 0 Å². The highest BCUT2D eigenvalue weighted by molar-refractivity contribution is 8.00. The lowest BCUT2D eigenvalue weighted by Crippen LogP contribution is -2.38. The molecule has 3 heterocycles. The van der Waals surface area contributed by atoms with Crippen molar-refractivity contribution in [2.75, 3.05) is 46.9 Å². The number of thioether (sulfide) groups is 1. The summed E-state index contributed by atoms with van der Waals surface area (Å²) in [5.74, 6) is 0.361. The highest BCUT2D eigenvalue weighted by atomic mass is 32.2. The molecule has 0 amide bonds. The smallest absolute Gasteiger partial charge is 0.166 e. The summed E-state index contributed by atoms with van der Waals surface area (Å²) in [4.78, 5) is 12.7. The van der Waals surface area contributed by atoms with Crippen molar-refractivity contribution in [2.45, 2.75) is 22.8 Å². The van der Waals surface area contributed by atoms with Crippen molar-refractivity contribution >= 4 is 28.7 Å². The molecule has 1 aliphatic rings. The van der Waals surface area contributed by atoms with Gasteiger partial charge in [-0.2, -0.15) is 0 Å². The third-order valence-electron chi connectivity index (χ3n) is 4.15. The number of anilines is 1. The van der Waals surface area contributed by atoms with Gasteiger partial charge in [0.2, 0.25) is 0 Å². The second-order valence-corrected chi connectivity index (χ2v) is 6.99. The Hall–Kier alpha value is -1.46. The Labute approximate surface area is 150 Å². The number of aromatic nitrogens is 4. The Bertz CT molecular complexity index is 700. The predicted molar refractivity (Wildman–Crippen MR) is 94.4 cm³/mol. The van der Waals surface area contributed by atoms with Crippen LogP contribution in [0.2, 0.25) is 0 Å². The highest BCUT2D eigenvalue weighted by Crippen LogP contribution is 2.45. The number of fused-ring (bicyclic) bond motifs is 1. The van der Waals surface area contributed by atoms with Crippen molar-refractivity contribution in [1.29, 1.82) is 0 Å². The zero-order valence-electron chi connectivity index (χ0n) is 14.5. The summed E-state index contributed by atoms with van der Waals surface area (Å²) in [6.07, 6.45) is 2.85. The van der Waals surface area contributed by atoms with E-state index in [1.807, 2.05) is 4.57 Å². The van der Waals surface area contributed by atoms with Crippen LogP contribution in [0.25, 0.3) is 11.2 Å². The summed E-state index contributed by atoms with van der Waals surface area (Å²) in [5.41, 5.74) is 7.17. The van der Waals surface area contributed by atoms with Gasteiger partial charge >= 0.3 is 0 Å². The minimum absolute atomic E-state index is 0.0683. The first-order chi connectivity index (χ1) is 12.2. The fourth-order valence-corrected chi connectivity index (χ4v) is 4.68. The van der Waals surface area contributed by atoms with Gasteiger partial charge in [0.15, 0.2) is 11.5 Å². The Kier molecular flexibility index (Phi) is 6.07. The Morgan fingerprint density at radius 2 is 1.96 bits per heavy atom. The summed E-state index contributed by atoms with van der Waals surface area (Å²) in [6, 6.07) is 0. The van der Waals surface area contributed by atoms with Gasteiger partial charge in [0.05, 0.1) is 31.4 Å². The maximum Gasteiger partial charge on any atom is 0.166 e. The van der Waals surface area contributed by atoms with Crippen molar-refractivity contribution < 1.29 is 18.9 Å². The van der Waals surface area contributed by atoms with Gasteiger partial charge in [0, 0.05) is 21.3 Å². The highest BCUT2D eigenvalue weighted by Gasteiger charge is 2.46. The Morgan fingerprint density at radius 3 is 2.68 bits per heavy atom. The molecule has 2 unspecified atom stereocenters. The van der Waals surface area contributed by atoms with Crippen LogP contribution in [0.3, 0.4) is 0 Å². The van der Waals surface area contributed by atoms with E-state index < -0.39 is 0 Å². The summed E-state index contributed by atoms with van der Waals surface area (Å²) in [7, 11) is 5.02. The lowest BCUT2D eigenvalue weighted by Gasteiger charge is -2.25.